The van der Waals surface area contributed by atoms with Gasteiger partial charge in [-0.25, -0.2) is 0 Å². The maximum atomic E-state index is 13.0. The lowest BCUT2D eigenvalue weighted by Crippen LogP contribution is -2.30. The van der Waals surface area contributed by atoms with Crippen molar-refractivity contribution in [1.29, 1.82) is 0 Å². The molecule has 0 saturated heterocycles. The van der Waals surface area contributed by atoms with Crippen molar-refractivity contribution in [1.82, 2.24) is 0 Å². The molecule has 0 bridgehead atoms. The third-order valence-electron chi connectivity index (χ3n) is 16.8. The van der Waals surface area contributed by atoms with Crippen LogP contribution >= 0.6 is 0 Å². The van der Waals surface area contributed by atoms with E-state index in [1.165, 1.54) is 315 Å². The molecule has 0 aliphatic rings. The van der Waals surface area contributed by atoms with Crippen LogP contribution in [-0.4, -0.2) is 37.2 Å². The molecular formula is C73H140O6. The van der Waals surface area contributed by atoms with Crippen LogP contribution in [0.15, 0.2) is 12.2 Å². The molecule has 6 heteroatoms. The van der Waals surface area contributed by atoms with Crippen LogP contribution in [0, 0.1) is 0 Å². The van der Waals surface area contributed by atoms with Gasteiger partial charge in [-0.15, -0.1) is 0 Å². The van der Waals surface area contributed by atoms with Gasteiger partial charge in [0.15, 0.2) is 6.10 Å². The van der Waals surface area contributed by atoms with E-state index in [1.54, 1.807) is 0 Å². The van der Waals surface area contributed by atoms with E-state index >= 15 is 0 Å². The monoisotopic (exact) mass is 1110 g/mol. The molecule has 0 saturated carbocycles. The van der Waals surface area contributed by atoms with Gasteiger partial charge in [0.25, 0.3) is 0 Å². The fourth-order valence-corrected chi connectivity index (χ4v) is 11.3. The lowest BCUT2D eigenvalue weighted by molar-refractivity contribution is -0.167. The Morgan fingerprint density at radius 3 is 0.633 bits per heavy atom. The lowest BCUT2D eigenvalue weighted by atomic mass is 10.0. The molecule has 6 nitrogen and oxygen atoms in total. The highest BCUT2D eigenvalue weighted by atomic mass is 16.6. The van der Waals surface area contributed by atoms with Crippen molar-refractivity contribution in [2.24, 2.45) is 0 Å². The normalized spacial score (nSPS) is 12.0. The van der Waals surface area contributed by atoms with Gasteiger partial charge in [0.05, 0.1) is 0 Å². The highest BCUT2D eigenvalue weighted by molar-refractivity contribution is 5.71. The van der Waals surface area contributed by atoms with Crippen LogP contribution in [-0.2, 0) is 28.6 Å². The first-order chi connectivity index (χ1) is 39.0. The molecule has 0 aliphatic carbocycles. The van der Waals surface area contributed by atoms with E-state index in [9.17, 15) is 14.4 Å². The average molecular weight is 1110 g/mol. The van der Waals surface area contributed by atoms with Crippen molar-refractivity contribution in [3.63, 3.8) is 0 Å². The standard InChI is InChI=1S/C73H140O6/c1-4-7-10-13-16-19-22-25-28-30-32-34-36-37-39-40-42-45-48-51-54-57-60-63-66-72(75)78-69-70(68-77-71(74)65-62-59-56-53-50-47-44-27-24-21-18-15-12-9-6-3)79-73(76)67-64-61-58-55-52-49-46-43-41-38-35-33-31-29-26-23-20-17-14-11-8-5-2/h27,44,70H,4-26,28-43,45-69H2,1-3H3/b44-27-. The van der Waals surface area contributed by atoms with E-state index in [1.807, 2.05) is 0 Å². The number of unbranched alkanes of at least 4 members (excludes halogenated alkanes) is 55. The Labute approximate surface area is 494 Å². The fourth-order valence-electron chi connectivity index (χ4n) is 11.3. The fraction of sp³-hybridized carbons (Fsp3) is 0.932. The molecule has 0 spiro atoms. The molecule has 0 aliphatic heterocycles. The highest BCUT2D eigenvalue weighted by Gasteiger charge is 2.19. The molecule has 0 N–H and O–H groups in total. The summed E-state index contributed by atoms with van der Waals surface area (Å²) in [5.74, 6) is -0.837. The minimum atomic E-state index is -0.770. The zero-order chi connectivity index (χ0) is 57.1. The Hall–Kier alpha value is -1.85. The zero-order valence-corrected chi connectivity index (χ0v) is 53.9. The Balaban J connectivity index is 4.24. The Morgan fingerprint density at radius 2 is 0.418 bits per heavy atom. The maximum Gasteiger partial charge on any atom is 0.306 e. The molecule has 79 heavy (non-hydrogen) atoms. The minimum absolute atomic E-state index is 0.0655. The van der Waals surface area contributed by atoms with Gasteiger partial charge in [0.2, 0.25) is 0 Å². The van der Waals surface area contributed by atoms with Crippen LogP contribution in [0.3, 0.4) is 0 Å². The summed E-state index contributed by atoms with van der Waals surface area (Å²) < 4.78 is 17.0. The topological polar surface area (TPSA) is 78.9 Å². The van der Waals surface area contributed by atoms with Crippen LogP contribution in [0.1, 0.15) is 419 Å². The second-order valence-electron chi connectivity index (χ2n) is 24.9. The molecular weight excluding hydrogens is 973 g/mol. The number of rotatable bonds is 68. The number of allylic oxidation sites excluding steroid dienone is 2. The van der Waals surface area contributed by atoms with Crippen molar-refractivity contribution in [3.05, 3.63) is 12.2 Å². The maximum absolute atomic E-state index is 13.0. The number of hydrogen-bond donors (Lipinski definition) is 0. The molecule has 0 aromatic heterocycles. The molecule has 0 aromatic carbocycles. The predicted octanol–water partition coefficient (Wildman–Crippen LogP) is 24.8. The Morgan fingerprint density at radius 1 is 0.241 bits per heavy atom. The van der Waals surface area contributed by atoms with Crippen LogP contribution in [0.5, 0.6) is 0 Å². The number of hydrogen-bond acceptors (Lipinski definition) is 6. The molecule has 0 amide bonds. The molecule has 0 rings (SSSR count). The summed E-state index contributed by atoms with van der Waals surface area (Å²) in [5, 5.41) is 0. The van der Waals surface area contributed by atoms with E-state index in [2.05, 4.69) is 32.9 Å². The second-order valence-corrected chi connectivity index (χ2v) is 24.9. The summed E-state index contributed by atoms with van der Waals surface area (Å²) in [6.45, 7) is 6.73. The molecule has 0 fully saturated rings. The predicted molar refractivity (Wildman–Crippen MR) is 344 cm³/mol. The molecule has 0 radical (unpaired) electrons. The van der Waals surface area contributed by atoms with E-state index in [4.69, 9.17) is 14.2 Å². The van der Waals surface area contributed by atoms with Crippen LogP contribution in [0.4, 0.5) is 0 Å². The highest BCUT2D eigenvalue weighted by Crippen LogP contribution is 2.19. The second kappa shape index (κ2) is 68.6. The summed E-state index contributed by atoms with van der Waals surface area (Å²) >= 11 is 0. The summed E-state index contributed by atoms with van der Waals surface area (Å²) in [7, 11) is 0. The summed E-state index contributed by atoms with van der Waals surface area (Å²) in [4.78, 5) is 38.5. The summed E-state index contributed by atoms with van der Waals surface area (Å²) in [5.41, 5.74) is 0. The molecule has 468 valence electrons. The van der Waals surface area contributed by atoms with Crippen molar-refractivity contribution < 1.29 is 28.6 Å². The quantitative estimate of drug-likeness (QED) is 0.0261. The van der Waals surface area contributed by atoms with Crippen LogP contribution < -0.4 is 0 Å². The van der Waals surface area contributed by atoms with E-state index in [0.29, 0.717) is 19.3 Å². The van der Waals surface area contributed by atoms with Gasteiger partial charge >= 0.3 is 17.9 Å². The van der Waals surface area contributed by atoms with Gasteiger partial charge in [-0.05, 0) is 44.9 Å². The zero-order valence-electron chi connectivity index (χ0n) is 53.9. The number of carbonyl (C=O) groups excluding carboxylic acids is 3. The van der Waals surface area contributed by atoms with Gasteiger partial charge in [0, 0.05) is 19.3 Å². The van der Waals surface area contributed by atoms with E-state index in [-0.39, 0.29) is 31.1 Å². The first-order valence-corrected chi connectivity index (χ1v) is 36.2. The summed E-state index contributed by atoms with van der Waals surface area (Å²) in [6.07, 6.45) is 82.5. The van der Waals surface area contributed by atoms with Crippen molar-refractivity contribution in [2.75, 3.05) is 13.2 Å². The third-order valence-corrected chi connectivity index (χ3v) is 16.8. The van der Waals surface area contributed by atoms with E-state index in [0.717, 1.165) is 64.2 Å². The van der Waals surface area contributed by atoms with Crippen molar-refractivity contribution in [2.45, 2.75) is 425 Å². The first kappa shape index (κ1) is 77.2. The van der Waals surface area contributed by atoms with Gasteiger partial charge in [0.1, 0.15) is 13.2 Å². The van der Waals surface area contributed by atoms with Gasteiger partial charge in [-0.3, -0.25) is 14.4 Å². The molecule has 1 atom stereocenters. The van der Waals surface area contributed by atoms with Crippen LogP contribution in [0.2, 0.25) is 0 Å². The molecule has 1 unspecified atom stereocenters. The van der Waals surface area contributed by atoms with Crippen LogP contribution in [0.25, 0.3) is 0 Å². The van der Waals surface area contributed by atoms with Gasteiger partial charge < -0.3 is 14.2 Å². The Kier molecular flexibility index (Phi) is 67.0. The lowest BCUT2D eigenvalue weighted by Gasteiger charge is -2.18. The summed E-state index contributed by atoms with van der Waals surface area (Å²) in [6, 6.07) is 0. The Bertz CT molecular complexity index is 1230. The average Bonchev–Trinajstić information content (AvgIpc) is 3.45. The number of carbonyl (C=O) groups is 3. The number of ether oxygens (including phenoxy) is 3. The minimum Gasteiger partial charge on any atom is -0.462 e. The molecule has 0 aromatic rings. The largest absolute Gasteiger partial charge is 0.462 e. The van der Waals surface area contributed by atoms with Gasteiger partial charge in [-0.2, -0.15) is 0 Å². The third kappa shape index (κ3) is 66.8. The van der Waals surface area contributed by atoms with Crippen molar-refractivity contribution >= 4 is 17.9 Å². The van der Waals surface area contributed by atoms with E-state index < -0.39 is 6.10 Å². The first-order valence-electron chi connectivity index (χ1n) is 36.2. The smallest absolute Gasteiger partial charge is 0.306 e. The van der Waals surface area contributed by atoms with Crippen molar-refractivity contribution in [3.8, 4) is 0 Å². The molecule has 0 heterocycles. The SMILES string of the molecule is CCCCCCCC/C=C\CCCCCCCC(=O)OCC(COC(=O)CCCCCCCCCCCCCCCCCCCCCCCCCC)OC(=O)CCCCCCCCCCCCCCCCCCCCCCCC. The number of esters is 3. The van der Waals surface area contributed by atoms with Gasteiger partial charge in [-0.1, -0.05) is 367 Å².